The second-order valence-corrected chi connectivity index (χ2v) is 5.09. The molecule has 8 nitrogen and oxygen atoms in total. The van der Waals surface area contributed by atoms with Gasteiger partial charge >= 0.3 is 6.29 Å². The highest BCUT2D eigenvalue weighted by Gasteiger charge is 2.62. The Labute approximate surface area is 133 Å². The molecule has 23 heavy (non-hydrogen) atoms. The van der Waals surface area contributed by atoms with Crippen LogP contribution in [0.2, 0.25) is 0 Å². The van der Waals surface area contributed by atoms with Crippen molar-refractivity contribution in [1.82, 2.24) is 15.3 Å². The second kappa shape index (κ2) is 5.48. The van der Waals surface area contributed by atoms with Crippen molar-refractivity contribution in [3.63, 3.8) is 0 Å². The third kappa shape index (κ3) is 2.76. The van der Waals surface area contributed by atoms with Crippen LogP contribution in [0.4, 0.5) is 8.78 Å². The van der Waals surface area contributed by atoms with Gasteiger partial charge in [-0.05, 0) is 12.2 Å². The van der Waals surface area contributed by atoms with Crippen molar-refractivity contribution in [1.29, 1.82) is 0 Å². The number of hydrazine groups is 1. The first-order valence-electron chi connectivity index (χ1n) is 6.43. The molecule has 1 aliphatic carbocycles. The summed E-state index contributed by atoms with van der Waals surface area (Å²) in [5.41, 5.74) is 3.34. The predicted octanol–water partition coefficient (Wildman–Crippen LogP) is 0.446. The van der Waals surface area contributed by atoms with Crippen LogP contribution in [0.15, 0.2) is 40.4 Å². The molecule has 0 aromatic heterocycles. The van der Waals surface area contributed by atoms with Gasteiger partial charge in [0, 0.05) is 18.0 Å². The maximum absolute atomic E-state index is 13.5. The number of hydrogen-bond acceptors (Lipinski definition) is 7. The molecule has 1 atom stereocenters. The van der Waals surface area contributed by atoms with Gasteiger partial charge in [-0.2, -0.15) is 0 Å². The Morgan fingerprint density at radius 1 is 1.48 bits per heavy atom. The van der Waals surface area contributed by atoms with E-state index in [2.05, 4.69) is 25.3 Å². The molecule has 2 heterocycles. The van der Waals surface area contributed by atoms with Gasteiger partial charge in [0.2, 0.25) is 5.91 Å². The van der Waals surface area contributed by atoms with Gasteiger partial charge in [-0.3, -0.25) is 15.6 Å². The number of ether oxygens (including phenoxy) is 2. The third-order valence-corrected chi connectivity index (χ3v) is 3.35. The van der Waals surface area contributed by atoms with Gasteiger partial charge in [0.1, 0.15) is 6.34 Å². The minimum atomic E-state index is -3.85. The van der Waals surface area contributed by atoms with E-state index >= 15 is 0 Å². The molecule has 0 saturated carbocycles. The van der Waals surface area contributed by atoms with E-state index in [0.29, 0.717) is 0 Å². The summed E-state index contributed by atoms with van der Waals surface area (Å²) in [7, 11) is 0. The van der Waals surface area contributed by atoms with Crippen molar-refractivity contribution >= 4 is 24.0 Å². The number of aliphatic imine (C=N–C) groups is 1. The normalized spacial score (nSPS) is 27.1. The minimum Gasteiger partial charge on any atom is -0.408 e. The van der Waals surface area contributed by atoms with Crippen molar-refractivity contribution in [3.05, 3.63) is 35.4 Å². The Morgan fingerprint density at radius 3 is 3.00 bits per heavy atom. The Balaban J connectivity index is 1.88. The van der Waals surface area contributed by atoms with Crippen LogP contribution < -0.4 is 10.9 Å². The number of amides is 1. The lowest BCUT2D eigenvalue weighted by Crippen LogP contribution is -2.45. The van der Waals surface area contributed by atoms with Crippen LogP contribution >= 0.6 is 11.8 Å². The number of rotatable bonds is 4. The summed E-state index contributed by atoms with van der Waals surface area (Å²) in [4.78, 5) is 15.3. The smallest absolute Gasteiger partial charge is 0.408 e. The van der Waals surface area contributed by atoms with Crippen LogP contribution in [-0.4, -0.2) is 40.4 Å². The summed E-state index contributed by atoms with van der Waals surface area (Å²) in [6, 6.07) is 0. The number of halogens is 3. The van der Waals surface area contributed by atoms with Crippen molar-refractivity contribution in [3.8, 4) is 0 Å². The first-order valence-corrected chi connectivity index (χ1v) is 6.77. The summed E-state index contributed by atoms with van der Waals surface area (Å²) in [6.07, 6.45) is 1.07. The molecule has 0 bridgehead atoms. The molecule has 0 radical (unpaired) electrons. The zero-order valence-electron chi connectivity index (χ0n) is 11.4. The van der Waals surface area contributed by atoms with E-state index in [1.165, 1.54) is 18.4 Å². The Hall–Kier alpha value is -2.17. The SMILES string of the molecule is O=C(CCO)NNC1=CC=C2OC(F)(F)OC23N=CN(Cl)C=C13. The lowest BCUT2D eigenvalue weighted by Gasteiger charge is -2.32. The zero-order valence-corrected chi connectivity index (χ0v) is 12.2. The average Bonchev–Trinajstić information content (AvgIpc) is 2.75. The quantitative estimate of drug-likeness (QED) is 0.504. The van der Waals surface area contributed by atoms with E-state index in [9.17, 15) is 13.6 Å². The largest absolute Gasteiger partial charge is 0.537 e. The van der Waals surface area contributed by atoms with E-state index in [-0.39, 0.29) is 30.1 Å². The number of nitrogens with zero attached hydrogens (tertiary/aromatic N) is 2. The van der Waals surface area contributed by atoms with Crippen LogP contribution in [0.3, 0.4) is 0 Å². The standard InChI is InChI=1S/C12H11ClF2N4O4/c13-19-5-7-8(17-18-10(21)3-4-20)1-2-9-11(7,16-6-19)23-12(14,15)22-9/h1-2,5-6,17,20H,3-4H2,(H,18,21). The molecule has 124 valence electrons. The fourth-order valence-electron chi connectivity index (χ4n) is 2.23. The molecule has 11 heteroatoms. The fraction of sp³-hybridized carbons (Fsp3) is 0.333. The van der Waals surface area contributed by atoms with Gasteiger partial charge in [0.05, 0.1) is 24.3 Å². The number of hydrogen-bond donors (Lipinski definition) is 3. The number of aliphatic hydroxyl groups is 1. The summed E-state index contributed by atoms with van der Waals surface area (Å²) >= 11 is 5.80. The molecule has 0 aromatic carbocycles. The second-order valence-electron chi connectivity index (χ2n) is 4.70. The molecular formula is C12H11ClF2N4O4. The van der Waals surface area contributed by atoms with Gasteiger partial charge in [-0.25, -0.2) is 14.1 Å². The lowest BCUT2D eigenvalue weighted by atomic mass is 9.93. The molecule has 1 spiro atoms. The number of alkyl halides is 2. The van der Waals surface area contributed by atoms with Gasteiger partial charge < -0.3 is 9.84 Å². The molecule has 2 aliphatic heterocycles. The van der Waals surface area contributed by atoms with Crippen molar-refractivity contribution in [2.24, 2.45) is 4.99 Å². The van der Waals surface area contributed by atoms with Gasteiger partial charge in [0.15, 0.2) is 5.76 Å². The first kappa shape index (κ1) is 15.7. The van der Waals surface area contributed by atoms with Gasteiger partial charge in [0.25, 0.3) is 5.72 Å². The number of aliphatic hydroxyl groups excluding tert-OH is 1. The summed E-state index contributed by atoms with van der Waals surface area (Å²) in [5.74, 6) is -0.698. The number of allylic oxidation sites excluding steroid dienone is 2. The monoisotopic (exact) mass is 348 g/mol. The lowest BCUT2D eigenvalue weighted by molar-refractivity contribution is -0.349. The zero-order chi connectivity index (χ0) is 16.7. The highest BCUT2D eigenvalue weighted by Crippen LogP contribution is 2.50. The topological polar surface area (TPSA) is 95.4 Å². The van der Waals surface area contributed by atoms with Crippen LogP contribution in [0, 0.1) is 0 Å². The maximum Gasteiger partial charge on any atom is 0.537 e. The number of carbonyl (C=O) groups excluding carboxylic acids is 1. The van der Waals surface area contributed by atoms with Crippen LogP contribution in [0.1, 0.15) is 6.42 Å². The maximum atomic E-state index is 13.5. The first-order chi connectivity index (χ1) is 10.9. The Bertz CT molecular complexity index is 663. The van der Waals surface area contributed by atoms with Crippen molar-refractivity contribution in [2.75, 3.05) is 6.61 Å². The average molecular weight is 349 g/mol. The number of nitrogens with one attached hydrogen (secondary N) is 2. The fourth-order valence-corrected chi connectivity index (χ4v) is 2.37. The van der Waals surface area contributed by atoms with Gasteiger partial charge in [-0.1, -0.05) is 0 Å². The van der Waals surface area contributed by atoms with Crippen LogP contribution in [0.25, 0.3) is 0 Å². The van der Waals surface area contributed by atoms with Crippen LogP contribution in [0.5, 0.6) is 0 Å². The van der Waals surface area contributed by atoms with E-state index < -0.39 is 17.9 Å². The van der Waals surface area contributed by atoms with E-state index in [0.717, 1.165) is 10.8 Å². The summed E-state index contributed by atoms with van der Waals surface area (Å²) in [5, 5.41) is 8.69. The summed E-state index contributed by atoms with van der Waals surface area (Å²) in [6.45, 7) is -0.327. The minimum absolute atomic E-state index is 0.119. The van der Waals surface area contributed by atoms with Gasteiger partial charge in [-0.15, -0.1) is 8.78 Å². The van der Waals surface area contributed by atoms with Crippen molar-refractivity contribution < 1.29 is 28.2 Å². The van der Waals surface area contributed by atoms with Crippen LogP contribution in [-0.2, 0) is 14.3 Å². The highest BCUT2D eigenvalue weighted by atomic mass is 35.5. The third-order valence-electron chi connectivity index (χ3n) is 3.16. The molecule has 3 rings (SSSR count). The summed E-state index contributed by atoms with van der Waals surface area (Å²) < 4.78 is 37.1. The highest BCUT2D eigenvalue weighted by molar-refractivity contribution is 6.19. The van der Waals surface area contributed by atoms with E-state index in [1.54, 1.807) is 0 Å². The Morgan fingerprint density at radius 2 is 2.26 bits per heavy atom. The van der Waals surface area contributed by atoms with E-state index in [1.807, 2.05) is 0 Å². The molecule has 1 fully saturated rings. The number of carbonyl (C=O) groups is 1. The molecule has 3 N–H and O–H groups in total. The molecule has 0 aromatic rings. The molecule has 1 amide bonds. The Kier molecular flexibility index (Phi) is 3.74. The molecule has 1 unspecified atom stereocenters. The molecule has 1 saturated heterocycles. The van der Waals surface area contributed by atoms with Crippen molar-refractivity contribution in [2.45, 2.75) is 18.4 Å². The predicted molar refractivity (Wildman–Crippen MR) is 73.3 cm³/mol. The molecular weight excluding hydrogens is 338 g/mol. The molecule has 3 aliphatic rings. The van der Waals surface area contributed by atoms with E-state index in [4.69, 9.17) is 16.9 Å².